The molecule has 3 N–H and O–H groups in total. The van der Waals surface area contributed by atoms with Crippen LogP contribution in [0.25, 0.3) is 0 Å². The van der Waals surface area contributed by atoms with Crippen molar-refractivity contribution in [3.63, 3.8) is 0 Å². The number of hydrogen-bond donors (Lipinski definition) is 2. The highest BCUT2D eigenvalue weighted by Gasteiger charge is 2.08. The molecule has 1 atom stereocenters. The molecule has 0 aliphatic carbocycles. The first-order valence-electron chi connectivity index (χ1n) is 6.77. The smallest absolute Gasteiger partial charge is 0.101 e. The zero-order chi connectivity index (χ0) is 13.4. The Kier molecular flexibility index (Phi) is 6.07. The number of nitrogen functional groups attached to an aromatic ring is 1. The highest BCUT2D eigenvalue weighted by atomic mass is 14.9. The Balaban J connectivity index is 2.68. The van der Waals surface area contributed by atoms with E-state index < -0.39 is 0 Å². The monoisotopic (exact) mass is 245 g/mol. The van der Waals surface area contributed by atoms with Crippen LogP contribution in [0.3, 0.4) is 0 Å². The van der Waals surface area contributed by atoms with Crippen molar-refractivity contribution in [3.05, 3.63) is 23.8 Å². The molecule has 0 aliphatic rings. The predicted octanol–water partition coefficient (Wildman–Crippen LogP) is 3.91. The topological polar surface area (TPSA) is 61.8 Å². The van der Waals surface area contributed by atoms with Crippen molar-refractivity contribution in [1.29, 1.82) is 5.26 Å². The van der Waals surface area contributed by atoms with E-state index in [0.29, 0.717) is 17.3 Å². The van der Waals surface area contributed by atoms with Crippen molar-refractivity contribution in [2.24, 2.45) is 0 Å². The van der Waals surface area contributed by atoms with Crippen LogP contribution in [-0.2, 0) is 0 Å². The molecular formula is C15H23N3. The molecule has 1 unspecified atom stereocenters. The van der Waals surface area contributed by atoms with Gasteiger partial charge in [-0.05, 0) is 31.0 Å². The van der Waals surface area contributed by atoms with Gasteiger partial charge in [-0.2, -0.15) is 5.26 Å². The lowest BCUT2D eigenvalue weighted by Crippen LogP contribution is -2.19. The van der Waals surface area contributed by atoms with Gasteiger partial charge in [0.05, 0.1) is 11.3 Å². The van der Waals surface area contributed by atoms with Crippen LogP contribution in [0.5, 0.6) is 0 Å². The van der Waals surface area contributed by atoms with Crippen molar-refractivity contribution in [1.82, 2.24) is 0 Å². The van der Waals surface area contributed by atoms with E-state index in [-0.39, 0.29) is 0 Å². The van der Waals surface area contributed by atoms with E-state index in [2.05, 4.69) is 25.2 Å². The minimum absolute atomic E-state index is 0.502. The number of hydrogen-bond acceptors (Lipinski definition) is 3. The van der Waals surface area contributed by atoms with Crippen LogP contribution in [0.1, 0.15) is 51.5 Å². The molecule has 0 heterocycles. The Morgan fingerprint density at radius 2 is 2.06 bits per heavy atom. The van der Waals surface area contributed by atoms with Gasteiger partial charge in [-0.15, -0.1) is 0 Å². The summed E-state index contributed by atoms with van der Waals surface area (Å²) in [6, 6.07) is 8.15. The maximum atomic E-state index is 8.84. The largest absolute Gasteiger partial charge is 0.398 e. The minimum atomic E-state index is 0.502. The first kappa shape index (κ1) is 14.4. The molecule has 98 valence electrons. The molecule has 0 spiro atoms. The van der Waals surface area contributed by atoms with Crippen molar-refractivity contribution < 1.29 is 0 Å². The van der Waals surface area contributed by atoms with Gasteiger partial charge in [0, 0.05) is 11.7 Å². The van der Waals surface area contributed by atoms with E-state index in [1.807, 2.05) is 12.1 Å². The fourth-order valence-electron chi connectivity index (χ4n) is 2.08. The molecular weight excluding hydrogens is 222 g/mol. The van der Waals surface area contributed by atoms with Crippen LogP contribution in [0.2, 0.25) is 0 Å². The van der Waals surface area contributed by atoms with Gasteiger partial charge in [0.25, 0.3) is 0 Å². The SMILES string of the molecule is CCCCC(CCC)Nc1ccc(C#N)c(N)c1. The normalized spacial score (nSPS) is 11.8. The summed E-state index contributed by atoms with van der Waals surface area (Å²) in [6.07, 6.45) is 5.98. The van der Waals surface area contributed by atoms with Gasteiger partial charge in [0.15, 0.2) is 0 Å². The van der Waals surface area contributed by atoms with Gasteiger partial charge in [0.1, 0.15) is 6.07 Å². The maximum Gasteiger partial charge on any atom is 0.101 e. The Bertz CT molecular complexity index is 407. The third kappa shape index (κ3) is 4.29. The first-order valence-corrected chi connectivity index (χ1v) is 6.77. The van der Waals surface area contributed by atoms with E-state index in [4.69, 9.17) is 11.0 Å². The summed E-state index contributed by atoms with van der Waals surface area (Å²) >= 11 is 0. The number of unbranched alkanes of at least 4 members (excludes halogenated alkanes) is 1. The molecule has 0 radical (unpaired) electrons. The standard InChI is InChI=1S/C15H23N3/c1-3-5-7-13(6-4-2)18-14-9-8-12(11-16)15(17)10-14/h8-10,13,18H,3-7,17H2,1-2H3. The van der Waals surface area contributed by atoms with Crippen molar-refractivity contribution >= 4 is 11.4 Å². The van der Waals surface area contributed by atoms with Gasteiger partial charge < -0.3 is 11.1 Å². The van der Waals surface area contributed by atoms with Crippen LogP contribution in [0, 0.1) is 11.3 Å². The number of nitrogens with zero attached hydrogens (tertiary/aromatic N) is 1. The fraction of sp³-hybridized carbons (Fsp3) is 0.533. The van der Waals surface area contributed by atoms with Gasteiger partial charge >= 0.3 is 0 Å². The molecule has 0 saturated heterocycles. The summed E-state index contributed by atoms with van der Waals surface area (Å²) in [7, 11) is 0. The molecule has 0 aliphatic heterocycles. The summed E-state index contributed by atoms with van der Waals surface area (Å²) in [6.45, 7) is 4.41. The van der Waals surface area contributed by atoms with E-state index in [1.165, 1.54) is 32.1 Å². The molecule has 0 saturated carbocycles. The second-order valence-corrected chi connectivity index (χ2v) is 4.69. The molecule has 0 aromatic heterocycles. The number of nitrogens with two attached hydrogens (primary N) is 1. The number of nitrogens with one attached hydrogen (secondary N) is 1. The highest BCUT2D eigenvalue weighted by molar-refractivity contribution is 5.62. The molecule has 1 rings (SSSR count). The lowest BCUT2D eigenvalue weighted by Gasteiger charge is -2.19. The third-order valence-electron chi connectivity index (χ3n) is 3.09. The predicted molar refractivity (Wildman–Crippen MR) is 77.4 cm³/mol. The Labute approximate surface area is 110 Å². The van der Waals surface area contributed by atoms with Crippen LogP contribution >= 0.6 is 0 Å². The molecule has 1 aromatic carbocycles. The molecule has 18 heavy (non-hydrogen) atoms. The summed E-state index contributed by atoms with van der Waals surface area (Å²) in [4.78, 5) is 0. The van der Waals surface area contributed by atoms with Gasteiger partial charge in [-0.3, -0.25) is 0 Å². The molecule has 1 aromatic rings. The highest BCUT2D eigenvalue weighted by Crippen LogP contribution is 2.20. The zero-order valence-electron chi connectivity index (χ0n) is 11.4. The second kappa shape index (κ2) is 7.60. The molecule has 0 bridgehead atoms. The Morgan fingerprint density at radius 1 is 1.28 bits per heavy atom. The molecule has 0 fully saturated rings. The number of rotatable bonds is 7. The van der Waals surface area contributed by atoms with Gasteiger partial charge in [-0.25, -0.2) is 0 Å². The van der Waals surface area contributed by atoms with Crippen molar-refractivity contribution in [2.45, 2.75) is 52.0 Å². The van der Waals surface area contributed by atoms with Gasteiger partial charge in [0.2, 0.25) is 0 Å². The lowest BCUT2D eigenvalue weighted by molar-refractivity contribution is 0.564. The minimum Gasteiger partial charge on any atom is -0.398 e. The Hall–Kier alpha value is -1.69. The van der Waals surface area contributed by atoms with E-state index >= 15 is 0 Å². The average Bonchev–Trinajstić information content (AvgIpc) is 2.36. The van der Waals surface area contributed by atoms with Gasteiger partial charge in [-0.1, -0.05) is 33.1 Å². The van der Waals surface area contributed by atoms with Crippen LogP contribution in [-0.4, -0.2) is 6.04 Å². The Morgan fingerprint density at radius 3 is 2.61 bits per heavy atom. The quantitative estimate of drug-likeness (QED) is 0.716. The van der Waals surface area contributed by atoms with E-state index in [0.717, 1.165) is 5.69 Å². The summed E-state index contributed by atoms with van der Waals surface area (Å²) < 4.78 is 0. The number of anilines is 2. The fourth-order valence-corrected chi connectivity index (χ4v) is 2.08. The number of benzene rings is 1. The summed E-state index contributed by atoms with van der Waals surface area (Å²) in [5, 5.41) is 12.4. The zero-order valence-corrected chi connectivity index (χ0v) is 11.4. The summed E-state index contributed by atoms with van der Waals surface area (Å²) in [5.74, 6) is 0. The third-order valence-corrected chi connectivity index (χ3v) is 3.09. The first-order chi connectivity index (χ1) is 8.71. The average molecular weight is 245 g/mol. The maximum absolute atomic E-state index is 8.84. The summed E-state index contributed by atoms with van der Waals surface area (Å²) in [5.41, 5.74) is 7.93. The van der Waals surface area contributed by atoms with Crippen LogP contribution in [0.15, 0.2) is 18.2 Å². The lowest BCUT2D eigenvalue weighted by atomic mass is 10.0. The number of nitriles is 1. The second-order valence-electron chi connectivity index (χ2n) is 4.69. The van der Waals surface area contributed by atoms with Crippen molar-refractivity contribution in [2.75, 3.05) is 11.1 Å². The van der Waals surface area contributed by atoms with Crippen molar-refractivity contribution in [3.8, 4) is 6.07 Å². The molecule has 3 heteroatoms. The van der Waals surface area contributed by atoms with E-state index in [1.54, 1.807) is 6.07 Å². The van der Waals surface area contributed by atoms with Crippen LogP contribution in [0.4, 0.5) is 11.4 Å². The molecule has 3 nitrogen and oxygen atoms in total. The molecule has 0 amide bonds. The van der Waals surface area contributed by atoms with E-state index in [9.17, 15) is 0 Å². The van der Waals surface area contributed by atoms with Crippen LogP contribution < -0.4 is 11.1 Å².